The average Bonchev–Trinajstić information content (AvgIpc) is 2.95. The maximum atomic E-state index is 11.1. The lowest BCUT2D eigenvalue weighted by atomic mass is 10.1. The van der Waals surface area contributed by atoms with Gasteiger partial charge in [0.25, 0.3) is 5.69 Å². The molecule has 108 valence electrons. The van der Waals surface area contributed by atoms with Crippen molar-refractivity contribution in [1.82, 2.24) is 4.98 Å². The highest BCUT2D eigenvalue weighted by atomic mass is 16.6. The molecule has 1 aliphatic rings. The zero-order valence-corrected chi connectivity index (χ0v) is 11.1. The summed E-state index contributed by atoms with van der Waals surface area (Å²) in [4.78, 5) is 27.6. The van der Waals surface area contributed by atoms with Gasteiger partial charge in [0.1, 0.15) is 0 Å². The van der Waals surface area contributed by atoms with Gasteiger partial charge in [-0.05, 0) is 18.6 Å². The lowest BCUT2D eigenvalue weighted by Gasteiger charge is -2.20. The highest BCUT2D eigenvalue weighted by molar-refractivity contribution is 5.99. The second kappa shape index (κ2) is 5.01. The number of fused-ring (bicyclic) bond motifs is 1. The Bertz CT molecular complexity index is 731. The van der Waals surface area contributed by atoms with Crippen molar-refractivity contribution in [3.8, 4) is 0 Å². The highest BCUT2D eigenvalue weighted by Crippen LogP contribution is 2.35. The largest absolute Gasteiger partial charge is 0.481 e. The first-order chi connectivity index (χ1) is 10.1. The van der Waals surface area contributed by atoms with Gasteiger partial charge in [0, 0.05) is 42.6 Å². The number of carbonyl (C=O) groups is 1. The van der Waals surface area contributed by atoms with Crippen molar-refractivity contribution < 1.29 is 14.8 Å². The van der Waals surface area contributed by atoms with Crippen molar-refractivity contribution in [3.05, 3.63) is 40.7 Å². The Morgan fingerprint density at radius 3 is 2.86 bits per heavy atom. The molecule has 1 unspecified atom stereocenters. The molecule has 1 atom stereocenters. The number of rotatable bonds is 3. The number of anilines is 1. The van der Waals surface area contributed by atoms with Crippen LogP contribution in [0.5, 0.6) is 0 Å². The second-order valence-electron chi connectivity index (χ2n) is 5.05. The topological polar surface area (TPSA) is 96.6 Å². The van der Waals surface area contributed by atoms with Crippen LogP contribution < -0.4 is 4.90 Å². The van der Waals surface area contributed by atoms with Crippen LogP contribution in [0.2, 0.25) is 0 Å². The van der Waals surface area contributed by atoms with Gasteiger partial charge in [-0.3, -0.25) is 19.9 Å². The third kappa shape index (κ3) is 2.26. The van der Waals surface area contributed by atoms with Crippen LogP contribution in [0, 0.1) is 16.0 Å². The number of aromatic nitrogens is 1. The number of aliphatic carboxylic acids is 1. The third-order valence-electron chi connectivity index (χ3n) is 3.85. The number of carboxylic acids is 1. The van der Waals surface area contributed by atoms with E-state index >= 15 is 0 Å². The molecule has 0 spiro atoms. The van der Waals surface area contributed by atoms with Gasteiger partial charge in [-0.2, -0.15) is 0 Å². The molecule has 0 amide bonds. The number of hydrogen-bond acceptors (Lipinski definition) is 5. The van der Waals surface area contributed by atoms with E-state index in [0.29, 0.717) is 24.9 Å². The first kappa shape index (κ1) is 13.3. The Labute approximate surface area is 120 Å². The van der Waals surface area contributed by atoms with Crippen LogP contribution in [0.15, 0.2) is 30.6 Å². The van der Waals surface area contributed by atoms with Crippen LogP contribution in [-0.4, -0.2) is 34.1 Å². The molecule has 1 N–H and O–H groups in total. The fourth-order valence-electron chi connectivity index (χ4n) is 2.77. The Kier molecular flexibility index (Phi) is 3.17. The SMILES string of the molecule is O=C(O)C1CCN(c2ccc([N+](=O)[O-])c3cnccc23)C1. The summed E-state index contributed by atoms with van der Waals surface area (Å²) in [6, 6.07) is 4.86. The lowest BCUT2D eigenvalue weighted by Crippen LogP contribution is -2.22. The summed E-state index contributed by atoms with van der Waals surface area (Å²) in [7, 11) is 0. The molecule has 0 saturated carbocycles. The molecule has 1 aliphatic heterocycles. The molecule has 2 heterocycles. The van der Waals surface area contributed by atoms with Crippen molar-refractivity contribution in [2.45, 2.75) is 6.42 Å². The Morgan fingerprint density at radius 2 is 2.19 bits per heavy atom. The summed E-state index contributed by atoms with van der Waals surface area (Å²) in [5, 5.41) is 21.4. The van der Waals surface area contributed by atoms with E-state index < -0.39 is 16.8 Å². The first-order valence-electron chi connectivity index (χ1n) is 6.57. The number of nitrogens with zero attached hydrogens (tertiary/aromatic N) is 3. The number of benzene rings is 1. The fraction of sp³-hybridized carbons (Fsp3) is 0.286. The summed E-state index contributed by atoms with van der Waals surface area (Å²) in [5.74, 6) is -1.19. The molecule has 0 bridgehead atoms. The van der Waals surface area contributed by atoms with Gasteiger partial charge in [-0.15, -0.1) is 0 Å². The molecule has 2 aromatic rings. The van der Waals surface area contributed by atoms with Crippen LogP contribution in [0.4, 0.5) is 11.4 Å². The number of carboxylic acid groups (broad SMARTS) is 1. The number of nitro benzene ring substituents is 1. The van der Waals surface area contributed by atoms with Crippen molar-refractivity contribution in [2.75, 3.05) is 18.0 Å². The molecular weight excluding hydrogens is 274 g/mol. The molecule has 1 fully saturated rings. The molecule has 1 saturated heterocycles. The zero-order valence-electron chi connectivity index (χ0n) is 11.1. The van der Waals surface area contributed by atoms with E-state index in [9.17, 15) is 14.9 Å². The molecule has 1 aromatic carbocycles. The van der Waals surface area contributed by atoms with E-state index in [1.807, 2.05) is 4.90 Å². The van der Waals surface area contributed by atoms with Crippen molar-refractivity contribution in [1.29, 1.82) is 0 Å². The summed E-state index contributed by atoms with van der Waals surface area (Å²) >= 11 is 0. The molecule has 7 heteroatoms. The molecule has 0 aliphatic carbocycles. The minimum absolute atomic E-state index is 0.0100. The van der Waals surface area contributed by atoms with E-state index in [1.54, 1.807) is 18.3 Å². The molecule has 0 radical (unpaired) electrons. The number of nitro groups is 1. The predicted molar refractivity (Wildman–Crippen MR) is 76.4 cm³/mol. The first-order valence-corrected chi connectivity index (χ1v) is 6.57. The van der Waals surface area contributed by atoms with Gasteiger partial charge in [-0.25, -0.2) is 0 Å². The Morgan fingerprint density at radius 1 is 1.38 bits per heavy atom. The maximum absolute atomic E-state index is 11.1. The number of non-ortho nitro benzene ring substituents is 1. The normalized spacial score (nSPS) is 18.1. The van der Waals surface area contributed by atoms with E-state index in [-0.39, 0.29) is 5.69 Å². The quantitative estimate of drug-likeness (QED) is 0.685. The molecule has 1 aromatic heterocycles. The average molecular weight is 287 g/mol. The van der Waals surface area contributed by atoms with Gasteiger partial charge < -0.3 is 10.0 Å². The summed E-state index contributed by atoms with van der Waals surface area (Å²) < 4.78 is 0. The lowest BCUT2D eigenvalue weighted by molar-refractivity contribution is -0.383. The minimum atomic E-state index is -0.801. The monoisotopic (exact) mass is 287 g/mol. The second-order valence-corrected chi connectivity index (χ2v) is 5.05. The number of hydrogen-bond donors (Lipinski definition) is 1. The van der Waals surface area contributed by atoms with E-state index in [0.717, 1.165) is 11.1 Å². The predicted octanol–water partition coefficient (Wildman–Crippen LogP) is 2.05. The van der Waals surface area contributed by atoms with Gasteiger partial charge in [-0.1, -0.05) is 0 Å². The van der Waals surface area contributed by atoms with Crippen molar-refractivity contribution >= 4 is 28.1 Å². The Balaban J connectivity index is 2.07. The van der Waals surface area contributed by atoms with E-state index in [2.05, 4.69) is 4.98 Å². The zero-order chi connectivity index (χ0) is 15.0. The van der Waals surface area contributed by atoms with Crippen molar-refractivity contribution in [2.24, 2.45) is 5.92 Å². The minimum Gasteiger partial charge on any atom is -0.481 e. The fourth-order valence-corrected chi connectivity index (χ4v) is 2.77. The smallest absolute Gasteiger partial charge is 0.308 e. The molecular formula is C14H13N3O4. The molecule has 7 nitrogen and oxygen atoms in total. The van der Waals surface area contributed by atoms with Gasteiger partial charge in [0.2, 0.25) is 0 Å². The van der Waals surface area contributed by atoms with E-state index in [4.69, 9.17) is 5.11 Å². The van der Waals surface area contributed by atoms with E-state index in [1.165, 1.54) is 12.3 Å². The molecule has 21 heavy (non-hydrogen) atoms. The van der Waals surface area contributed by atoms with Gasteiger partial charge in [0.05, 0.1) is 16.2 Å². The molecule has 3 rings (SSSR count). The van der Waals surface area contributed by atoms with Gasteiger partial charge >= 0.3 is 5.97 Å². The highest BCUT2D eigenvalue weighted by Gasteiger charge is 2.29. The third-order valence-corrected chi connectivity index (χ3v) is 3.85. The summed E-state index contributed by atoms with van der Waals surface area (Å²) in [5.41, 5.74) is 0.831. The van der Waals surface area contributed by atoms with Crippen LogP contribution in [0.3, 0.4) is 0 Å². The van der Waals surface area contributed by atoms with Crippen LogP contribution >= 0.6 is 0 Å². The van der Waals surface area contributed by atoms with Crippen LogP contribution in [0.1, 0.15) is 6.42 Å². The number of pyridine rings is 1. The van der Waals surface area contributed by atoms with Crippen molar-refractivity contribution in [3.63, 3.8) is 0 Å². The summed E-state index contributed by atoms with van der Waals surface area (Å²) in [6.07, 6.45) is 3.64. The standard InChI is InChI=1S/C14H13N3O4/c18-14(19)9-4-6-16(8-9)12-1-2-13(17(20)21)11-7-15-5-3-10(11)12/h1-3,5,7,9H,4,6,8H2,(H,18,19). The summed E-state index contributed by atoms with van der Waals surface area (Å²) in [6.45, 7) is 1.05. The van der Waals surface area contributed by atoms with Crippen LogP contribution in [-0.2, 0) is 4.79 Å². The van der Waals surface area contributed by atoms with Gasteiger partial charge in [0.15, 0.2) is 0 Å². The Hall–Kier alpha value is -2.70. The maximum Gasteiger partial charge on any atom is 0.308 e. The van der Waals surface area contributed by atoms with Crippen LogP contribution in [0.25, 0.3) is 10.8 Å².